The normalized spacial score (nSPS) is 20.3. The number of rotatable bonds is 4. The molecule has 2 unspecified atom stereocenters. The molecule has 0 amide bonds. The van der Waals surface area contributed by atoms with E-state index in [2.05, 4.69) is 257 Å². The molecule has 0 spiro atoms. The van der Waals surface area contributed by atoms with Crippen LogP contribution in [0.1, 0.15) is 144 Å². The van der Waals surface area contributed by atoms with Crippen LogP contribution in [-0.2, 0) is 21.7 Å². The summed E-state index contributed by atoms with van der Waals surface area (Å²) in [6.45, 7) is 33.6. The molecule has 0 N–H and O–H groups in total. The van der Waals surface area contributed by atoms with Gasteiger partial charge in [-0.05, 0) is 159 Å². The lowest BCUT2D eigenvalue weighted by Crippen LogP contribution is -2.67. The van der Waals surface area contributed by atoms with Crippen LogP contribution in [0.2, 0.25) is 0 Å². The molecule has 4 heteroatoms. The lowest BCUT2D eigenvalue weighted by atomic mass is 9.33. The van der Waals surface area contributed by atoms with Gasteiger partial charge in [0.1, 0.15) is 0 Å². The number of aryl methyl sites for hydroxylation is 1. The second-order valence-electron chi connectivity index (χ2n) is 25.5. The zero-order chi connectivity index (χ0) is 49.5. The van der Waals surface area contributed by atoms with Gasteiger partial charge in [0.15, 0.2) is 0 Å². The van der Waals surface area contributed by atoms with Crippen LogP contribution in [0.5, 0.6) is 0 Å². The fourth-order valence-electron chi connectivity index (χ4n) is 13.4. The van der Waals surface area contributed by atoms with Crippen LogP contribution in [0.3, 0.4) is 0 Å². The summed E-state index contributed by atoms with van der Waals surface area (Å²) in [4.78, 5) is 8.05. The molecule has 1 saturated carbocycles. The molecule has 1 fully saturated rings. The summed E-state index contributed by atoms with van der Waals surface area (Å²) >= 11 is 0. The van der Waals surface area contributed by atoms with E-state index in [9.17, 15) is 0 Å². The van der Waals surface area contributed by atoms with Gasteiger partial charge in [-0.2, -0.15) is 0 Å². The number of hydrogen-bond donors (Lipinski definition) is 0. The van der Waals surface area contributed by atoms with Crippen molar-refractivity contribution in [3.63, 3.8) is 0 Å². The SMILES string of the molecule is Cc1cc2c3c(c1)N(c1ccc(C(C)(C)C)cc1-c1ccccc1)c1ccc(C(C)(C)C)cc1B3c1ccc(N3c4ccccc4C(C)(C)C4(C)CCCCC34C)cc1N2c1ccc(C(C)(C)C)cc1. The van der Waals surface area contributed by atoms with Crippen molar-refractivity contribution in [2.45, 2.75) is 150 Å². The molecule has 356 valence electrons. The number of benzene rings is 7. The maximum Gasteiger partial charge on any atom is 0.252 e. The Morgan fingerprint density at radius 2 is 1.03 bits per heavy atom. The average molecular weight is 920 g/mol. The molecule has 3 heterocycles. The minimum Gasteiger partial charge on any atom is -0.335 e. The van der Waals surface area contributed by atoms with Gasteiger partial charge in [0.05, 0.1) is 5.69 Å². The Morgan fingerprint density at radius 3 is 1.70 bits per heavy atom. The molecular formula is C66H74BN3. The van der Waals surface area contributed by atoms with Crippen molar-refractivity contribution in [2.24, 2.45) is 5.41 Å². The Hall–Kier alpha value is -6.00. The van der Waals surface area contributed by atoms with Gasteiger partial charge in [-0.3, -0.25) is 0 Å². The molecule has 7 aromatic rings. The molecular weight excluding hydrogens is 846 g/mol. The van der Waals surface area contributed by atoms with Crippen LogP contribution >= 0.6 is 0 Å². The summed E-state index contributed by atoms with van der Waals surface area (Å²) in [5, 5.41) is 0. The minimum absolute atomic E-state index is 0.00503. The molecule has 0 bridgehead atoms. The lowest BCUT2D eigenvalue weighted by molar-refractivity contribution is 0.0106. The van der Waals surface area contributed by atoms with Crippen LogP contribution in [-0.4, -0.2) is 12.3 Å². The van der Waals surface area contributed by atoms with E-state index in [1.807, 2.05) is 0 Å². The first-order valence-electron chi connectivity index (χ1n) is 26.3. The van der Waals surface area contributed by atoms with Gasteiger partial charge in [-0.15, -0.1) is 0 Å². The average Bonchev–Trinajstić information content (AvgIpc) is 3.31. The van der Waals surface area contributed by atoms with Crippen molar-refractivity contribution in [1.29, 1.82) is 0 Å². The first kappa shape index (κ1) is 46.4. The largest absolute Gasteiger partial charge is 0.335 e. The number of nitrogens with zero attached hydrogens (tertiary/aromatic N) is 3. The smallest absolute Gasteiger partial charge is 0.252 e. The van der Waals surface area contributed by atoms with Crippen LogP contribution in [0, 0.1) is 12.3 Å². The monoisotopic (exact) mass is 920 g/mol. The Morgan fingerprint density at radius 1 is 0.457 bits per heavy atom. The number of hydrogen-bond acceptors (Lipinski definition) is 3. The van der Waals surface area contributed by atoms with E-state index in [1.54, 1.807) is 0 Å². The lowest BCUT2D eigenvalue weighted by Gasteiger charge is -2.66. The summed E-state index contributed by atoms with van der Waals surface area (Å²) in [5.74, 6) is 0. The van der Waals surface area contributed by atoms with Crippen molar-refractivity contribution < 1.29 is 0 Å². The molecule has 70 heavy (non-hydrogen) atoms. The van der Waals surface area contributed by atoms with Gasteiger partial charge in [0, 0.05) is 56.3 Å². The first-order chi connectivity index (χ1) is 33.0. The number of para-hydroxylation sites is 1. The van der Waals surface area contributed by atoms with Crippen molar-refractivity contribution in [3.05, 3.63) is 173 Å². The third kappa shape index (κ3) is 6.89. The zero-order valence-corrected chi connectivity index (χ0v) is 44.6. The quantitative estimate of drug-likeness (QED) is 0.163. The maximum atomic E-state index is 2.80. The van der Waals surface area contributed by atoms with Crippen LogP contribution in [0.25, 0.3) is 11.1 Å². The van der Waals surface area contributed by atoms with Crippen molar-refractivity contribution in [3.8, 4) is 11.1 Å². The van der Waals surface area contributed by atoms with Crippen molar-refractivity contribution >= 4 is 68.6 Å². The third-order valence-electron chi connectivity index (χ3n) is 18.0. The Kier molecular flexibility index (Phi) is 10.4. The first-order valence-corrected chi connectivity index (χ1v) is 26.3. The summed E-state index contributed by atoms with van der Waals surface area (Å²) in [7, 11) is 0. The molecule has 3 nitrogen and oxygen atoms in total. The van der Waals surface area contributed by atoms with Gasteiger partial charge in [0.2, 0.25) is 0 Å². The summed E-state index contributed by atoms with van der Waals surface area (Å²) in [5.41, 5.74) is 23.2. The van der Waals surface area contributed by atoms with Crippen LogP contribution in [0.4, 0.5) is 45.5 Å². The van der Waals surface area contributed by atoms with Crippen LogP contribution in [0.15, 0.2) is 146 Å². The van der Waals surface area contributed by atoms with Crippen molar-refractivity contribution in [2.75, 3.05) is 14.7 Å². The molecule has 0 saturated heterocycles. The molecule has 1 aliphatic carbocycles. The van der Waals surface area contributed by atoms with E-state index in [-0.39, 0.29) is 39.3 Å². The molecule has 3 aliphatic heterocycles. The molecule has 11 rings (SSSR count). The standard InChI is InChI=1S/C66H74BN3/c1-43-38-58-60-59(39-43)69(54-34-28-46(62(5,6)7)40-50(54)44-22-16-15-17-23-44)56-35-29-47(63(8,9)10)41-53(56)67(60)52-33-32-49(42-57(52)68(58)48-30-26-45(27-31-48)61(2,3)4)70-55-25-19-18-24-51(55)64(11,12)65(13)36-20-21-37-66(65,70)14/h15-19,22-35,38-42H,20-21,36-37H2,1-14H3. The summed E-state index contributed by atoms with van der Waals surface area (Å²) in [6.07, 6.45) is 4.88. The highest BCUT2D eigenvalue weighted by Gasteiger charge is 2.62. The highest BCUT2D eigenvalue weighted by atomic mass is 15.3. The number of anilines is 8. The molecule has 4 aliphatic rings. The molecule has 7 aromatic carbocycles. The Labute approximate surface area is 421 Å². The highest BCUT2D eigenvalue weighted by molar-refractivity contribution is 7.00. The maximum absolute atomic E-state index is 2.80. The molecule has 0 radical (unpaired) electrons. The summed E-state index contributed by atoms with van der Waals surface area (Å²) < 4.78 is 0. The predicted molar refractivity (Wildman–Crippen MR) is 303 cm³/mol. The number of fused-ring (bicyclic) bond motifs is 6. The van der Waals surface area contributed by atoms with E-state index < -0.39 is 0 Å². The van der Waals surface area contributed by atoms with E-state index in [4.69, 9.17) is 0 Å². The fourth-order valence-corrected chi connectivity index (χ4v) is 13.4. The van der Waals surface area contributed by atoms with Gasteiger partial charge in [-0.1, -0.05) is 181 Å². The van der Waals surface area contributed by atoms with E-state index >= 15 is 0 Å². The second kappa shape index (κ2) is 15.8. The predicted octanol–water partition coefficient (Wildman–Crippen LogP) is 16.4. The molecule has 2 atom stereocenters. The Bertz CT molecular complexity index is 3200. The van der Waals surface area contributed by atoms with E-state index in [0.717, 1.165) is 6.42 Å². The summed E-state index contributed by atoms with van der Waals surface area (Å²) in [6, 6.07) is 57.1. The topological polar surface area (TPSA) is 9.72 Å². The highest BCUT2D eigenvalue weighted by Crippen LogP contribution is 2.65. The minimum atomic E-state index is -0.0919. The van der Waals surface area contributed by atoms with Gasteiger partial charge >= 0.3 is 0 Å². The van der Waals surface area contributed by atoms with E-state index in [0.29, 0.717) is 0 Å². The Balaban J connectivity index is 1.22. The van der Waals surface area contributed by atoms with E-state index in [1.165, 1.54) is 120 Å². The fraction of sp³-hybridized carbons (Fsp3) is 0.364. The third-order valence-corrected chi connectivity index (χ3v) is 18.0. The second-order valence-corrected chi connectivity index (χ2v) is 25.5. The van der Waals surface area contributed by atoms with Gasteiger partial charge < -0.3 is 14.7 Å². The van der Waals surface area contributed by atoms with Gasteiger partial charge in [-0.25, -0.2) is 0 Å². The zero-order valence-electron chi connectivity index (χ0n) is 44.6. The van der Waals surface area contributed by atoms with Crippen LogP contribution < -0.4 is 31.1 Å². The molecule has 0 aromatic heterocycles. The van der Waals surface area contributed by atoms with Crippen molar-refractivity contribution in [1.82, 2.24) is 0 Å². The van der Waals surface area contributed by atoms with Gasteiger partial charge in [0.25, 0.3) is 6.71 Å².